The zero-order valence-corrected chi connectivity index (χ0v) is 13.5. The van der Waals surface area contributed by atoms with Crippen LogP contribution in [0.15, 0.2) is 18.2 Å². The van der Waals surface area contributed by atoms with Crippen LogP contribution < -0.4 is 15.5 Å². The van der Waals surface area contributed by atoms with E-state index in [4.69, 9.17) is 0 Å². The lowest BCUT2D eigenvalue weighted by molar-refractivity contribution is -0.118. The van der Waals surface area contributed by atoms with Gasteiger partial charge >= 0.3 is 0 Å². The van der Waals surface area contributed by atoms with E-state index in [0.717, 1.165) is 37.4 Å². The lowest BCUT2D eigenvalue weighted by Crippen LogP contribution is -2.33. The van der Waals surface area contributed by atoms with E-state index in [0.29, 0.717) is 25.3 Å². The summed E-state index contributed by atoms with van der Waals surface area (Å²) in [5.41, 5.74) is 1.78. The van der Waals surface area contributed by atoms with Crippen molar-refractivity contribution in [3.63, 3.8) is 0 Å². The smallest absolute Gasteiger partial charge is 0.216 e. The fourth-order valence-corrected chi connectivity index (χ4v) is 2.72. The van der Waals surface area contributed by atoms with Crippen LogP contribution in [0.5, 0.6) is 0 Å². The summed E-state index contributed by atoms with van der Waals surface area (Å²) in [5, 5.41) is 6.00. The third-order valence-corrected chi connectivity index (χ3v) is 4.14. The number of carbonyl (C=O) groups excluding carboxylic acids is 1. The maximum Gasteiger partial charge on any atom is 0.216 e. The summed E-state index contributed by atoms with van der Waals surface area (Å²) >= 11 is 0. The molecule has 1 aromatic carbocycles. The van der Waals surface area contributed by atoms with Crippen molar-refractivity contribution in [1.29, 1.82) is 0 Å². The molecule has 1 amide bonds. The fourth-order valence-electron chi connectivity index (χ4n) is 2.72. The standard InChI is InChI=1S/C17H26FN3O/c1-13-5-9-21(10-6-13)17-11-15(3-4-16(17)18)12-19-7-8-20-14(2)22/h3-4,11,13,19H,5-10,12H2,1-2H3,(H,20,22). The average Bonchev–Trinajstić information content (AvgIpc) is 2.49. The number of nitrogens with zero attached hydrogens (tertiary/aromatic N) is 1. The van der Waals surface area contributed by atoms with E-state index < -0.39 is 0 Å². The molecule has 1 aliphatic heterocycles. The number of hydrogen-bond acceptors (Lipinski definition) is 3. The van der Waals surface area contributed by atoms with Crippen molar-refractivity contribution in [2.75, 3.05) is 31.1 Å². The van der Waals surface area contributed by atoms with E-state index in [1.165, 1.54) is 6.92 Å². The van der Waals surface area contributed by atoms with Crippen molar-refractivity contribution in [2.45, 2.75) is 33.2 Å². The van der Waals surface area contributed by atoms with Crippen LogP contribution in [0.1, 0.15) is 32.3 Å². The van der Waals surface area contributed by atoms with Gasteiger partial charge in [-0.3, -0.25) is 4.79 Å². The maximum atomic E-state index is 14.1. The Bertz CT molecular complexity index is 499. The third-order valence-electron chi connectivity index (χ3n) is 4.14. The summed E-state index contributed by atoms with van der Waals surface area (Å²) < 4.78 is 14.1. The minimum Gasteiger partial charge on any atom is -0.369 e. The van der Waals surface area contributed by atoms with Gasteiger partial charge in [-0.05, 0) is 36.5 Å². The van der Waals surface area contributed by atoms with Crippen molar-refractivity contribution in [3.05, 3.63) is 29.6 Å². The highest BCUT2D eigenvalue weighted by Crippen LogP contribution is 2.26. The molecule has 2 rings (SSSR count). The molecule has 5 heteroatoms. The second-order valence-corrected chi connectivity index (χ2v) is 6.12. The van der Waals surface area contributed by atoms with Gasteiger partial charge in [0.15, 0.2) is 0 Å². The van der Waals surface area contributed by atoms with E-state index in [1.54, 1.807) is 6.07 Å². The second kappa shape index (κ2) is 8.13. The van der Waals surface area contributed by atoms with Gasteiger partial charge < -0.3 is 15.5 Å². The maximum absolute atomic E-state index is 14.1. The molecule has 0 saturated carbocycles. The summed E-state index contributed by atoms with van der Waals surface area (Å²) in [5.74, 6) is 0.569. The summed E-state index contributed by atoms with van der Waals surface area (Å²) in [7, 11) is 0. The molecule has 0 bridgehead atoms. The summed E-state index contributed by atoms with van der Waals surface area (Å²) in [4.78, 5) is 12.9. The molecule has 22 heavy (non-hydrogen) atoms. The van der Waals surface area contributed by atoms with Crippen LogP contribution in [0, 0.1) is 11.7 Å². The van der Waals surface area contributed by atoms with Crippen molar-refractivity contribution in [3.8, 4) is 0 Å². The Hall–Kier alpha value is -1.62. The number of benzene rings is 1. The summed E-state index contributed by atoms with van der Waals surface area (Å²) in [6.07, 6.45) is 2.25. The zero-order valence-electron chi connectivity index (χ0n) is 13.5. The van der Waals surface area contributed by atoms with Gasteiger partial charge in [-0.15, -0.1) is 0 Å². The van der Waals surface area contributed by atoms with Crippen LogP contribution in [0.25, 0.3) is 0 Å². The molecule has 0 atom stereocenters. The van der Waals surface area contributed by atoms with Crippen LogP contribution in [-0.4, -0.2) is 32.1 Å². The van der Waals surface area contributed by atoms with Crippen LogP contribution in [0.4, 0.5) is 10.1 Å². The molecule has 1 aliphatic rings. The van der Waals surface area contributed by atoms with E-state index in [9.17, 15) is 9.18 Å². The average molecular weight is 307 g/mol. The molecule has 0 aliphatic carbocycles. The predicted octanol–water partition coefficient (Wildman–Crippen LogP) is 2.29. The van der Waals surface area contributed by atoms with E-state index in [1.807, 2.05) is 12.1 Å². The number of piperidine rings is 1. The lowest BCUT2D eigenvalue weighted by atomic mass is 9.98. The summed E-state index contributed by atoms with van der Waals surface area (Å²) in [6.45, 7) is 7.60. The Kier molecular flexibility index (Phi) is 6.19. The van der Waals surface area contributed by atoms with E-state index in [2.05, 4.69) is 22.5 Å². The van der Waals surface area contributed by atoms with Crippen LogP contribution in [0.3, 0.4) is 0 Å². The number of amides is 1. The molecule has 0 unspecified atom stereocenters. The van der Waals surface area contributed by atoms with Gasteiger partial charge in [0, 0.05) is 39.6 Å². The number of halogens is 1. The van der Waals surface area contributed by atoms with Gasteiger partial charge in [0.05, 0.1) is 5.69 Å². The van der Waals surface area contributed by atoms with Gasteiger partial charge in [0.25, 0.3) is 0 Å². The molecular weight excluding hydrogens is 281 g/mol. The molecule has 1 heterocycles. The minimum absolute atomic E-state index is 0.0230. The van der Waals surface area contributed by atoms with E-state index in [-0.39, 0.29) is 11.7 Å². The minimum atomic E-state index is -0.142. The van der Waals surface area contributed by atoms with Crippen LogP contribution >= 0.6 is 0 Å². The fraction of sp³-hybridized carbons (Fsp3) is 0.588. The highest BCUT2D eigenvalue weighted by Gasteiger charge is 2.18. The Morgan fingerprint density at radius 1 is 1.32 bits per heavy atom. The topological polar surface area (TPSA) is 44.4 Å². The molecule has 0 aromatic heterocycles. The Labute approximate surface area is 132 Å². The Morgan fingerprint density at radius 3 is 2.73 bits per heavy atom. The van der Waals surface area contributed by atoms with Crippen molar-refractivity contribution >= 4 is 11.6 Å². The molecule has 1 fully saturated rings. The molecule has 2 N–H and O–H groups in total. The van der Waals surface area contributed by atoms with Crippen LogP contribution in [-0.2, 0) is 11.3 Å². The third kappa shape index (κ3) is 4.98. The largest absolute Gasteiger partial charge is 0.369 e. The lowest BCUT2D eigenvalue weighted by Gasteiger charge is -2.32. The van der Waals surface area contributed by atoms with E-state index >= 15 is 0 Å². The highest BCUT2D eigenvalue weighted by molar-refractivity contribution is 5.72. The molecule has 0 spiro atoms. The SMILES string of the molecule is CC(=O)NCCNCc1ccc(F)c(N2CCC(C)CC2)c1. The molecule has 4 nitrogen and oxygen atoms in total. The number of carbonyl (C=O) groups is 1. The van der Waals surface area contributed by atoms with Gasteiger partial charge in [-0.2, -0.15) is 0 Å². The second-order valence-electron chi connectivity index (χ2n) is 6.12. The van der Waals surface area contributed by atoms with Crippen LogP contribution in [0.2, 0.25) is 0 Å². The first-order chi connectivity index (χ1) is 10.6. The molecule has 0 radical (unpaired) electrons. The highest BCUT2D eigenvalue weighted by atomic mass is 19.1. The van der Waals surface area contributed by atoms with Gasteiger partial charge in [-0.1, -0.05) is 13.0 Å². The summed E-state index contributed by atoms with van der Waals surface area (Å²) in [6, 6.07) is 5.31. The van der Waals surface area contributed by atoms with Gasteiger partial charge in [0.2, 0.25) is 5.91 Å². The first-order valence-electron chi connectivity index (χ1n) is 8.05. The molecular formula is C17H26FN3O. The van der Waals surface area contributed by atoms with Gasteiger partial charge in [0.1, 0.15) is 5.82 Å². The number of anilines is 1. The normalized spacial score (nSPS) is 15.9. The Morgan fingerprint density at radius 2 is 2.05 bits per heavy atom. The molecule has 1 saturated heterocycles. The first-order valence-corrected chi connectivity index (χ1v) is 8.05. The van der Waals surface area contributed by atoms with Crippen molar-refractivity contribution in [1.82, 2.24) is 10.6 Å². The number of rotatable bonds is 6. The quantitative estimate of drug-likeness (QED) is 0.793. The number of hydrogen-bond donors (Lipinski definition) is 2. The first kappa shape index (κ1) is 16.7. The Balaban J connectivity index is 1.88. The monoisotopic (exact) mass is 307 g/mol. The molecule has 122 valence electrons. The van der Waals surface area contributed by atoms with Gasteiger partial charge in [-0.25, -0.2) is 4.39 Å². The molecule has 1 aromatic rings. The number of nitrogens with one attached hydrogen (secondary N) is 2. The predicted molar refractivity (Wildman–Crippen MR) is 87.4 cm³/mol. The van der Waals surface area contributed by atoms with Crippen molar-refractivity contribution < 1.29 is 9.18 Å². The van der Waals surface area contributed by atoms with Crippen molar-refractivity contribution in [2.24, 2.45) is 5.92 Å². The zero-order chi connectivity index (χ0) is 15.9.